The van der Waals surface area contributed by atoms with Crippen molar-refractivity contribution in [1.29, 1.82) is 0 Å². The van der Waals surface area contributed by atoms with Crippen LogP contribution < -0.4 is 10.2 Å². The first-order valence-corrected chi connectivity index (χ1v) is 11.3. The van der Waals surface area contributed by atoms with E-state index in [0.29, 0.717) is 11.8 Å². The molecule has 6 nitrogen and oxygen atoms in total. The summed E-state index contributed by atoms with van der Waals surface area (Å²) in [4.78, 5) is 16.9. The summed E-state index contributed by atoms with van der Waals surface area (Å²) < 4.78 is 0. The average Bonchev–Trinajstić information content (AvgIpc) is 2.72. The quantitative estimate of drug-likeness (QED) is 0.614. The summed E-state index contributed by atoms with van der Waals surface area (Å²) in [5, 5.41) is 4.21. The lowest BCUT2D eigenvalue weighted by atomic mass is 10.2. The van der Waals surface area contributed by atoms with Crippen LogP contribution in [0.25, 0.3) is 0 Å². The van der Waals surface area contributed by atoms with Gasteiger partial charge in [-0.05, 0) is 26.5 Å². The number of nitrogens with one attached hydrogen (secondary N) is 1. The van der Waals surface area contributed by atoms with E-state index in [4.69, 9.17) is 4.99 Å². The van der Waals surface area contributed by atoms with Gasteiger partial charge in [0.2, 0.25) is 0 Å². The van der Waals surface area contributed by atoms with Crippen LogP contribution >= 0.6 is 11.8 Å². The van der Waals surface area contributed by atoms with Gasteiger partial charge in [0.25, 0.3) is 0 Å². The van der Waals surface area contributed by atoms with Gasteiger partial charge in [0.15, 0.2) is 5.96 Å². The number of aromatic nitrogens is 1. The third kappa shape index (κ3) is 5.51. The molecule has 0 bridgehead atoms. The topological polar surface area (TPSA) is 47.0 Å². The summed E-state index contributed by atoms with van der Waals surface area (Å²) in [6.07, 6.45) is 3.12. The molecular weight excluding hydrogens is 356 g/mol. The number of pyridine rings is 1. The van der Waals surface area contributed by atoms with E-state index in [1.165, 1.54) is 17.7 Å². The summed E-state index contributed by atoms with van der Waals surface area (Å²) in [7, 11) is 2.18. The zero-order valence-electron chi connectivity index (χ0n) is 17.0. The molecule has 1 unspecified atom stereocenters. The Kier molecular flexibility index (Phi) is 7.64. The number of rotatable bonds is 5. The molecule has 0 radical (unpaired) electrons. The summed E-state index contributed by atoms with van der Waals surface area (Å²) >= 11 is 2.09. The molecule has 150 valence electrons. The van der Waals surface area contributed by atoms with E-state index in [0.717, 1.165) is 57.6 Å². The highest BCUT2D eigenvalue weighted by atomic mass is 32.2. The van der Waals surface area contributed by atoms with E-state index >= 15 is 0 Å². The van der Waals surface area contributed by atoms with E-state index < -0.39 is 0 Å². The molecular formula is C20H34N6S. The molecule has 1 atom stereocenters. The summed E-state index contributed by atoms with van der Waals surface area (Å²) in [5.41, 5.74) is 1.22. The first kappa shape index (κ1) is 20.3. The van der Waals surface area contributed by atoms with Gasteiger partial charge in [-0.2, -0.15) is 11.8 Å². The van der Waals surface area contributed by atoms with Crippen LogP contribution in [0.5, 0.6) is 0 Å². The fraction of sp³-hybridized carbons (Fsp3) is 0.700. The molecule has 0 aromatic carbocycles. The van der Waals surface area contributed by atoms with Crippen LogP contribution in [0.4, 0.5) is 5.82 Å². The van der Waals surface area contributed by atoms with Gasteiger partial charge < -0.3 is 20.0 Å². The van der Waals surface area contributed by atoms with Crippen LogP contribution in [0.1, 0.15) is 25.8 Å². The lowest BCUT2D eigenvalue weighted by molar-refractivity contribution is 0.312. The molecule has 0 aliphatic carbocycles. The maximum absolute atomic E-state index is 4.99. The summed E-state index contributed by atoms with van der Waals surface area (Å²) in [5.74, 6) is 3.33. The standard InChI is InChI=1S/C20H34N6S/c1-4-18-16-26(13-14-27-18)20(21-5-2)23-15-17-7-6-8-22-19(17)25-11-9-24(3)10-12-25/h6-8,18H,4-5,9-16H2,1-3H3,(H,21,23). The lowest BCUT2D eigenvalue weighted by Crippen LogP contribution is -2.48. The Labute approximate surface area is 168 Å². The Morgan fingerprint density at radius 2 is 2.07 bits per heavy atom. The largest absolute Gasteiger partial charge is 0.357 e. The second kappa shape index (κ2) is 10.2. The smallest absolute Gasteiger partial charge is 0.194 e. The molecule has 0 amide bonds. The zero-order valence-corrected chi connectivity index (χ0v) is 17.8. The normalized spacial score (nSPS) is 22.2. The zero-order chi connectivity index (χ0) is 19.1. The van der Waals surface area contributed by atoms with E-state index in [1.807, 2.05) is 12.3 Å². The maximum Gasteiger partial charge on any atom is 0.194 e. The molecule has 0 spiro atoms. The predicted octanol–water partition coefficient (Wildman–Crippen LogP) is 2.13. The monoisotopic (exact) mass is 390 g/mol. The molecule has 3 heterocycles. The third-order valence-corrected chi connectivity index (χ3v) is 6.67. The first-order chi connectivity index (χ1) is 13.2. The van der Waals surface area contributed by atoms with Crippen LogP contribution in [-0.4, -0.2) is 84.6 Å². The number of hydrogen-bond donors (Lipinski definition) is 1. The van der Waals surface area contributed by atoms with Crippen molar-refractivity contribution in [2.24, 2.45) is 4.99 Å². The van der Waals surface area contributed by atoms with Crippen molar-refractivity contribution in [3.05, 3.63) is 23.9 Å². The number of anilines is 1. The molecule has 3 rings (SSSR count). The van der Waals surface area contributed by atoms with Crippen molar-refractivity contribution in [1.82, 2.24) is 20.1 Å². The van der Waals surface area contributed by atoms with E-state index in [1.54, 1.807) is 0 Å². The molecule has 1 aromatic rings. The van der Waals surface area contributed by atoms with Gasteiger partial charge in [-0.3, -0.25) is 0 Å². The minimum atomic E-state index is 0.679. The molecule has 1 N–H and O–H groups in total. The van der Waals surface area contributed by atoms with Crippen LogP contribution in [0.3, 0.4) is 0 Å². The predicted molar refractivity (Wildman–Crippen MR) is 117 cm³/mol. The lowest BCUT2D eigenvalue weighted by Gasteiger charge is -2.35. The van der Waals surface area contributed by atoms with Crippen molar-refractivity contribution >= 4 is 23.5 Å². The Morgan fingerprint density at radius 1 is 1.26 bits per heavy atom. The molecule has 0 saturated carbocycles. The number of piperazine rings is 1. The third-order valence-electron chi connectivity index (χ3n) is 5.30. The molecule has 27 heavy (non-hydrogen) atoms. The SMILES string of the molecule is CCNC(=NCc1cccnc1N1CCN(C)CC1)N1CCSC(CC)C1. The Morgan fingerprint density at radius 3 is 2.81 bits per heavy atom. The molecule has 2 fully saturated rings. The van der Waals surface area contributed by atoms with Crippen LogP contribution in [0, 0.1) is 0 Å². The van der Waals surface area contributed by atoms with Gasteiger partial charge in [0, 0.05) is 68.6 Å². The van der Waals surface area contributed by atoms with Crippen molar-refractivity contribution in [2.75, 3.05) is 63.5 Å². The summed E-state index contributed by atoms with van der Waals surface area (Å²) in [6.45, 7) is 12.4. The van der Waals surface area contributed by atoms with Gasteiger partial charge in [-0.15, -0.1) is 0 Å². The second-order valence-electron chi connectivity index (χ2n) is 7.29. The summed E-state index contributed by atoms with van der Waals surface area (Å²) in [6, 6.07) is 4.20. The maximum atomic E-state index is 4.99. The van der Waals surface area contributed by atoms with Crippen LogP contribution in [0.15, 0.2) is 23.3 Å². The molecule has 1 aromatic heterocycles. The fourth-order valence-corrected chi connectivity index (χ4v) is 4.78. The highest BCUT2D eigenvalue weighted by molar-refractivity contribution is 8.00. The Bertz CT molecular complexity index is 614. The molecule has 2 aliphatic rings. The van der Waals surface area contributed by atoms with E-state index in [9.17, 15) is 0 Å². The number of thioether (sulfide) groups is 1. The molecule has 2 saturated heterocycles. The molecule has 7 heteroatoms. The van der Waals surface area contributed by atoms with Gasteiger partial charge in [0.05, 0.1) is 6.54 Å². The number of likely N-dealkylation sites (N-methyl/N-ethyl adjacent to an activating group) is 1. The highest BCUT2D eigenvalue weighted by Crippen LogP contribution is 2.22. The van der Waals surface area contributed by atoms with Gasteiger partial charge in [-0.1, -0.05) is 13.0 Å². The minimum absolute atomic E-state index is 0.679. The van der Waals surface area contributed by atoms with Gasteiger partial charge >= 0.3 is 0 Å². The fourth-order valence-electron chi connectivity index (χ4n) is 3.60. The van der Waals surface area contributed by atoms with Gasteiger partial charge in [0.1, 0.15) is 5.82 Å². The Hall–Kier alpha value is -1.47. The Balaban J connectivity index is 1.72. The highest BCUT2D eigenvalue weighted by Gasteiger charge is 2.22. The number of aliphatic imine (C=N–C) groups is 1. The average molecular weight is 391 g/mol. The minimum Gasteiger partial charge on any atom is -0.357 e. The van der Waals surface area contributed by atoms with Crippen molar-refractivity contribution in [3.63, 3.8) is 0 Å². The molecule has 2 aliphatic heterocycles. The van der Waals surface area contributed by atoms with E-state index in [2.05, 4.69) is 63.7 Å². The number of hydrogen-bond acceptors (Lipinski definition) is 5. The van der Waals surface area contributed by atoms with Crippen molar-refractivity contribution in [2.45, 2.75) is 32.1 Å². The first-order valence-electron chi connectivity index (χ1n) is 10.2. The second-order valence-corrected chi connectivity index (χ2v) is 8.70. The van der Waals surface area contributed by atoms with Crippen molar-refractivity contribution in [3.8, 4) is 0 Å². The number of guanidine groups is 1. The van der Waals surface area contributed by atoms with E-state index in [-0.39, 0.29) is 0 Å². The number of nitrogens with zero attached hydrogens (tertiary/aromatic N) is 5. The van der Waals surface area contributed by atoms with Crippen LogP contribution in [0.2, 0.25) is 0 Å². The van der Waals surface area contributed by atoms with Crippen molar-refractivity contribution < 1.29 is 0 Å². The van der Waals surface area contributed by atoms with Crippen LogP contribution in [-0.2, 0) is 6.54 Å². The van der Waals surface area contributed by atoms with Gasteiger partial charge in [-0.25, -0.2) is 9.98 Å².